The van der Waals surface area contributed by atoms with E-state index in [1.165, 1.54) is 0 Å². The van der Waals surface area contributed by atoms with Crippen LogP contribution in [0.25, 0.3) is 0 Å². The number of rotatable bonds is 3. The SMILES string of the molecule is N#Cc1ccc(Cl)c(NCc2ccco2)c1. The van der Waals surface area contributed by atoms with Crippen molar-refractivity contribution in [1.82, 2.24) is 0 Å². The van der Waals surface area contributed by atoms with Gasteiger partial charge < -0.3 is 9.73 Å². The normalized spacial score (nSPS) is 9.75. The van der Waals surface area contributed by atoms with E-state index >= 15 is 0 Å². The average Bonchev–Trinajstić information content (AvgIpc) is 2.81. The largest absolute Gasteiger partial charge is 0.467 e. The highest BCUT2D eigenvalue weighted by atomic mass is 35.5. The molecule has 1 aromatic heterocycles. The number of anilines is 1. The lowest BCUT2D eigenvalue weighted by atomic mass is 10.2. The molecule has 0 saturated heterocycles. The summed E-state index contributed by atoms with van der Waals surface area (Å²) in [6.45, 7) is 0.543. The Morgan fingerprint density at radius 3 is 2.94 bits per heavy atom. The molecule has 80 valence electrons. The van der Waals surface area contributed by atoms with Gasteiger partial charge in [-0.05, 0) is 30.3 Å². The summed E-state index contributed by atoms with van der Waals surface area (Å²) in [5, 5.41) is 12.5. The molecule has 0 unspecified atom stereocenters. The van der Waals surface area contributed by atoms with E-state index in [0.717, 1.165) is 11.4 Å². The van der Waals surface area contributed by atoms with E-state index in [2.05, 4.69) is 11.4 Å². The topological polar surface area (TPSA) is 49.0 Å². The van der Waals surface area contributed by atoms with Gasteiger partial charge in [-0.15, -0.1) is 0 Å². The molecule has 1 aromatic carbocycles. The monoisotopic (exact) mass is 232 g/mol. The Kier molecular flexibility index (Phi) is 3.13. The number of furan rings is 1. The number of nitrogens with zero attached hydrogens (tertiary/aromatic N) is 1. The van der Waals surface area contributed by atoms with Gasteiger partial charge in [0.2, 0.25) is 0 Å². The van der Waals surface area contributed by atoms with Crippen molar-refractivity contribution in [1.29, 1.82) is 5.26 Å². The van der Waals surface area contributed by atoms with Crippen LogP contribution < -0.4 is 5.32 Å². The first-order chi connectivity index (χ1) is 7.79. The molecule has 0 aliphatic heterocycles. The van der Waals surface area contributed by atoms with Gasteiger partial charge in [-0.3, -0.25) is 0 Å². The van der Waals surface area contributed by atoms with Gasteiger partial charge in [0.25, 0.3) is 0 Å². The first-order valence-electron chi connectivity index (χ1n) is 4.75. The van der Waals surface area contributed by atoms with Crippen LogP contribution in [-0.2, 0) is 6.54 Å². The third-order valence-electron chi connectivity index (χ3n) is 2.13. The van der Waals surface area contributed by atoms with Gasteiger partial charge in [0.15, 0.2) is 0 Å². The minimum absolute atomic E-state index is 0.543. The summed E-state index contributed by atoms with van der Waals surface area (Å²) >= 11 is 5.99. The standard InChI is InChI=1S/C12H9ClN2O/c13-11-4-3-9(7-14)6-12(11)15-8-10-2-1-5-16-10/h1-6,15H,8H2. The molecular formula is C12H9ClN2O. The molecule has 0 bridgehead atoms. The van der Waals surface area contributed by atoms with E-state index in [0.29, 0.717) is 17.1 Å². The summed E-state index contributed by atoms with van der Waals surface area (Å²) < 4.78 is 5.18. The van der Waals surface area contributed by atoms with Gasteiger partial charge in [-0.25, -0.2) is 0 Å². The van der Waals surface area contributed by atoms with Crippen LogP contribution in [0.3, 0.4) is 0 Å². The molecule has 4 heteroatoms. The van der Waals surface area contributed by atoms with Crippen molar-refractivity contribution < 1.29 is 4.42 Å². The van der Waals surface area contributed by atoms with Crippen molar-refractivity contribution in [2.75, 3.05) is 5.32 Å². The van der Waals surface area contributed by atoms with Crippen LogP contribution in [0.1, 0.15) is 11.3 Å². The molecule has 0 fully saturated rings. The zero-order valence-corrected chi connectivity index (χ0v) is 9.16. The molecule has 0 atom stereocenters. The van der Waals surface area contributed by atoms with Crippen molar-refractivity contribution in [2.45, 2.75) is 6.54 Å². The van der Waals surface area contributed by atoms with E-state index in [-0.39, 0.29) is 0 Å². The zero-order chi connectivity index (χ0) is 11.4. The molecule has 3 nitrogen and oxygen atoms in total. The van der Waals surface area contributed by atoms with Crippen molar-refractivity contribution >= 4 is 17.3 Å². The lowest BCUT2D eigenvalue weighted by Crippen LogP contribution is -1.99. The molecular weight excluding hydrogens is 224 g/mol. The smallest absolute Gasteiger partial charge is 0.122 e. The Bertz CT molecular complexity index is 514. The van der Waals surface area contributed by atoms with Gasteiger partial charge in [0, 0.05) is 0 Å². The fraction of sp³-hybridized carbons (Fsp3) is 0.0833. The van der Waals surface area contributed by atoms with E-state index in [1.807, 2.05) is 12.1 Å². The fourth-order valence-corrected chi connectivity index (χ4v) is 1.51. The number of nitrogens with one attached hydrogen (secondary N) is 1. The second-order valence-corrected chi connectivity index (χ2v) is 3.65. The molecule has 0 radical (unpaired) electrons. The average molecular weight is 233 g/mol. The Balaban J connectivity index is 2.12. The van der Waals surface area contributed by atoms with Crippen molar-refractivity contribution in [3.05, 3.63) is 52.9 Å². The van der Waals surface area contributed by atoms with Gasteiger partial charge in [0.1, 0.15) is 5.76 Å². The van der Waals surface area contributed by atoms with Crippen molar-refractivity contribution in [2.24, 2.45) is 0 Å². The lowest BCUT2D eigenvalue weighted by molar-refractivity contribution is 0.518. The molecule has 2 aromatic rings. The molecule has 0 saturated carbocycles. The van der Waals surface area contributed by atoms with Crippen molar-refractivity contribution in [3.8, 4) is 6.07 Å². The van der Waals surface area contributed by atoms with Crippen LogP contribution in [0.5, 0.6) is 0 Å². The van der Waals surface area contributed by atoms with E-state index in [9.17, 15) is 0 Å². The fourth-order valence-electron chi connectivity index (χ4n) is 1.33. The van der Waals surface area contributed by atoms with Crippen LogP contribution in [0, 0.1) is 11.3 Å². The Hall–Kier alpha value is -1.92. The Morgan fingerprint density at radius 2 is 2.25 bits per heavy atom. The highest BCUT2D eigenvalue weighted by molar-refractivity contribution is 6.33. The maximum absolute atomic E-state index is 8.77. The van der Waals surface area contributed by atoms with Gasteiger partial charge >= 0.3 is 0 Å². The highest BCUT2D eigenvalue weighted by Crippen LogP contribution is 2.23. The first-order valence-corrected chi connectivity index (χ1v) is 5.13. The van der Waals surface area contributed by atoms with Crippen LogP contribution >= 0.6 is 11.6 Å². The predicted molar refractivity (Wildman–Crippen MR) is 62.2 cm³/mol. The summed E-state index contributed by atoms with van der Waals surface area (Å²) in [4.78, 5) is 0. The number of nitriles is 1. The molecule has 0 aliphatic rings. The summed E-state index contributed by atoms with van der Waals surface area (Å²) in [6.07, 6.45) is 1.62. The molecule has 0 aliphatic carbocycles. The summed E-state index contributed by atoms with van der Waals surface area (Å²) in [5.74, 6) is 0.818. The molecule has 2 rings (SSSR count). The minimum Gasteiger partial charge on any atom is -0.467 e. The molecule has 0 spiro atoms. The molecule has 1 N–H and O–H groups in total. The molecule has 16 heavy (non-hydrogen) atoms. The second-order valence-electron chi connectivity index (χ2n) is 3.24. The Morgan fingerprint density at radius 1 is 1.38 bits per heavy atom. The number of halogens is 1. The van der Waals surface area contributed by atoms with Crippen LogP contribution in [0.15, 0.2) is 41.0 Å². The number of benzene rings is 1. The second kappa shape index (κ2) is 4.73. The predicted octanol–water partition coefficient (Wildman–Crippen LogP) is 3.42. The van der Waals surface area contributed by atoms with E-state index < -0.39 is 0 Å². The highest BCUT2D eigenvalue weighted by Gasteiger charge is 2.02. The van der Waals surface area contributed by atoms with Crippen molar-refractivity contribution in [3.63, 3.8) is 0 Å². The minimum atomic E-state index is 0.543. The maximum atomic E-state index is 8.77. The van der Waals surface area contributed by atoms with E-state index in [1.54, 1.807) is 24.5 Å². The van der Waals surface area contributed by atoms with E-state index in [4.69, 9.17) is 21.3 Å². The van der Waals surface area contributed by atoms with Crippen LogP contribution in [0.4, 0.5) is 5.69 Å². The van der Waals surface area contributed by atoms with Gasteiger partial charge in [0.05, 0.1) is 35.2 Å². The third-order valence-corrected chi connectivity index (χ3v) is 2.46. The maximum Gasteiger partial charge on any atom is 0.122 e. The lowest BCUT2D eigenvalue weighted by Gasteiger charge is -2.06. The first kappa shape index (κ1) is 10.6. The quantitative estimate of drug-likeness (QED) is 0.882. The van der Waals surface area contributed by atoms with Crippen LogP contribution in [-0.4, -0.2) is 0 Å². The molecule has 0 amide bonds. The van der Waals surface area contributed by atoms with Gasteiger partial charge in [-0.1, -0.05) is 11.6 Å². The van der Waals surface area contributed by atoms with Gasteiger partial charge in [-0.2, -0.15) is 5.26 Å². The van der Waals surface area contributed by atoms with Crippen LogP contribution in [0.2, 0.25) is 5.02 Å². The summed E-state index contributed by atoms with van der Waals surface area (Å²) in [5.41, 5.74) is 1.31. The zero-order valence-electron chi connectivity index (χ0n) is 8.40. The Labute approximate surface area is 98.3 Å². The third kappa shape index (κ3) is 2.36. The number of hydrogen-bond acceptors (Lipinski definition) is 3. The summed E-state index contributed by atoms with van der Waals surface area (Å²) in [7, 11) is 0. The number of hydrogen-bond donors (Lipinski definition) is 1. The summed E-state index contributed by atoms with van der Waals surface area (Å²) in [6, 6.07) is 10.9. The molecule has 1 heterocycles.